The van der Waals surface area contributed by atoms with E-state index < -0.39 is 0 Å². The molecule has 0 saturated carbocycles. The number of nitrogens with two attached hydrogens (primary N) is 1. The molecule has 0 aromatic heterocycles. The molecule has 11 heavy (non-hydrogen) atoms. The van der Waals surface area contributed by atoms with Gasteiger partial charge in [0.25, 0.3) is 0 Å². The van der Waals surface area contributed by atoms with Crippen molar-refractivity contribution in [2.24, 2.45) is 5.73 Å². The molecule has 0 spiro atoms. The van der Waals surface area contributed by atoms with E-state index in [9.17, 15) is 0 Å². The molecule has 0 rings (SSSR count). The van der Waals surface area contributed by atoms with Crippen LogP contribution in [0.2, 0.25) is 0 Å². The molecule has 0 aromatic carbocycles. The number of hydrogen-bond donors (Lipinski definition) is 3. The van der Waals surface area contributed by atoms with Crippen molar-refractivity contribution in [3.8, 4) is 6.19 Å². The summed E-state index contributed by atoms with van der Waals surface area (Å²) < 4.78 is 0. The molecular weight excluding hydrogens is 351 g/mol. The summed E-state index contributed by atoms with van der Waals surface area (Å²) in [5, 5.41) is 15.9. The average Bonchev–Trinajstić information content (AvgIpc) is 1.35. The zero-order valence-corrected chi connectivity index (χ0v) is 15.4. The molecule has 0 radical (unpaired) electrons. The van der Waals surface area contributed by atoms with Crippen LogP contribution >= 0.6 is 38.3 Å². The Morgan fingerprint density at radius 1 is 1.45 bits per heavy atom. The number of halogens is 3. The van der Waals surface area contributed by atoms with Crippen LogP contribution < -0.4 is 92.4 Å². The maximum Gasteiger partial charge on any atom is 1.00 e. The summed E-state index contributed by atoms with van der Waals surface area (Å²) in [7, 11) is 0. The van der Waals surface area contributed by atoms with Crippen LogP contribution in [0.3, 0.4) is 0 Å². The maximum absolute atomic E-state index is 7.65. The van der Waals surface area contributed by atoms with Crippen LogP contribution in [0, 0.1) is 16.9 Å². The minimum atomic E-state index is -0.322. The molecule has 0 fully saturated rings. The number of nitriles is 1. The van der Waals surface area contributed by atoms with Gasteiger partial charge < -0.3 is 18.1 Å². The van der Waals surface area contributed by atoms with Crippen LogP contribution in [-0.4, -0.2) is 5.96 Å². The van der Waals surface area contributed by atoms with E-state index in [1.54, 1.807) is 0 Å². The second kappa shape index (κ2) is 29.6. The van der Waals surface area contributed by atoms with Crippen LogP contribution in [0.1, 0.15) is 0 Å². The van der Waals surface area contributed by atoms with E-state index >= 15 is 0 Å². The standard InChI is InChI=1S/C2H4N4.3ClH.Cs.H2S/c3-1-6-2(4)5;;;;;/h(H4,4,5,6);3*1H;;1H2/q;;;;+1;/p-1. The zero-order valence-electron chi connectivity index (χ0n) is 5.72. The van der Waals surface area contributed by atoms with Gasteiger partial charge >= 0.3 is 68.9 Å². The van der Waals surface area contributed by atoms with E-state index in [-0.39, 0.29) is 126 Å². The van der Waals surface area contributed by atoms with Gasteiger partial charge in [-0.2, -0.15) is 18.8 Å². The molecule has 0 saturated heterocycles. The molecular formula is C2H8Cl3CsN4S. The fraction of sp³-hybridized carbons (Fsp3) is 0. The average molecular weight is 359 g/mol. The summed E-state index contributed by atoms with van der Waals surface area (Å²) in [4.78, 5) is 0. The number of nitrogens with zero attached hydrogens (tertiary/aromatic N) is 1. The van der Waals surface area contributed by atoms with Crippen molar-refractivity contribution in [1.82, 2.24) is 5.32 Å². The monoisotopic (exact) mass is 358 g/mol. The fourth-order valence-corrected chi connectivity index (χ4v) is 0.0602. The molecule has 0 amide bonds. The number of guanidine groups is 1. The summed E-state index contributed by atoms with van der Waals surface area (Å²) in [6, 6.07) is 0. The Morgan fingerprint density at radius 3 is 1.73 bits per heavy atom. The molecule has 9 heteroatoms. The van der Waals surface area contributed by atoms with Crippen LogP contribution in [0.5, 0.6) is 0 Å². The second-order valence-electron chi connectivity index (χ2n) is 0.650. The van der Waals surface area contributed by atoms with Gasteiger partial charge in [0.1, 0.15) is 0 Å². The quantitative estimate of drug-likeness (QED) is 0.174. The van der Waals surface area contributed by atoms with E-state index in [0.717, 1.165) is 0 Å². The Morgan fingerprint density at radius 2 is 1.73 bits per heavy atom. The van der Waals surface area contributed by atoms with Gasteiger partial charge in [0.2, 0.25) is 0 Å². The molecule has 0 bridgehead atoms. The van der Waals surface area contributed by atoms with Gasteiger partial charge in [-0.1, -0.05) is 0 Å². The van der Waals surface area contributed by atoms with Crippen molar-refractivity contribution >= 4 is 44.3 Å². The van der Waals surface area contributed by atoms with E-state index in [4.69, 9.17) is 10.7 Å². The predicted octanol–water partition coefficient (Wildman–Crippen LogP) is -6.09. The number of rotatable bonds is 0. The normalized spacial score (nSPS) is 3.18. The van der Waals surface area contributed by atoms with Crippen molar-refractivity contribution in [3.63, 3.8) is 0 Å². The first-order valence-corrected chi connectivity index (χ1v) is 1.26. The van der Waals surface area contributed by atoms with Crippen LogP contribution in [-0.2, 0) is 0 Å². The molecule has 0 atom stereocenters. The summed E-state index contributed by atoms with van der Waals surface area (Å²) in [6.07, 6.45) is 1.47. The van der Waals surface area contributed by atoms with Gasteiger partial charge in [-0.25, -0.2) is 0 Å². The molecule has 0 aliphatic heterocycles. The predicted molar refractivity (Wildman–Crippen MR) is 45.5 cm³/mol. The topological polar surface area (TPSA) is 85.7 Å². The van der Waals surface area contributed by atoms with Gasteiger partial charge in [0.05, 0.1) is 0 Å². The van der Waals surface area contributed by atoms with Crippen molar-refractivity contribution < 1.29 is 81.3 Å². The van der Waals surface area contributed by atoms with Crippen molar-refractivity contribution in [2.45, 2.75) is 0 Å². The largest absolute Gasteiger partial charge is 1.00 e. The Labute approximate surface area is 150 Å². The van der Waals surface area contributed by atoms with E-state index in [1.807, 2.05) is 5.32 Å². The molecule has 0 unspecified atom stereocenters. The Hall–Kier alpha value is 2.03. The Balaban J connectivity index is -0.0000000125. The maximum atomic E-state index is 7.65. The van der Waals surface area contributed by atoms with E-state index in [1.165, 1.54) is 6.19 Å². The third kappa shape index (κ3) is 47.8. The Bertz CT molecular complexity index is 106. The van der Waals surface area contributed by atoms with Crippen molar-refractivity contribution in [3.05, 3.63) is 0 Å². The molecule has 4 N–H and O–H groups in total. The summed E-state index contributed by atoms with van der Waals surface area (Å²) >= 11 is 0. The molecule has 0 aliphatic carbocycles. The SMILES string of the molecule is Cl.Cl.N#CNC(=N)N.S.[Cl-].[Cs+]. The first-order valence-electron chi connectivity index (χ1n) is 1.26. The molecule has 64 valence electrons. The zero-order chi connectivity index (χ0) is 4.99. The number of hydrogen-bond acceptors (Lipinski definition) is 2. The molecule has 4 nitrogen and oxygen atoms in total. The first kappa shape index (κ1) is 38.2. The molecule has 0 heterocycles. The Kier molecular flexibility index (Phi) is 103. The van der Waals surface area contributed by atoms with Crippen molar-refractivity contribution in [2.75, 3.05) is 0 Å². The first-order chi connectivity index (χ1) is 2.77. The van der Waals surface area contributed by atoms with E-state index in [2.05, 4.69) is 5.73 Å². The molecule has 0 aliphatic rings. The van der Waals surface area contributed by atoms with Gasteiger partial charge in [-0.05, 0) is 0 Å². The third-order valence-electron chi connectivity index (χ3n) is 0.191. The summed E-state index contributed by atoms with van der Waals surface area (Å²) in [5.41, 5.74) is 4.65. The van der Waals surface area contributed by atoms with Crippen molar-refractivity contribution in [1.29, 1.82) is 10.7 Å². The van der Waals surface area contributed by atoms with E-state index in [0.29, 0.717) is 0 Å². The summed E-state index contributed by atoms with van der Waals surface area (Å²) in [5.74, 6) is -0.322. The summed E-state index contributed by atoms with van der Waals surface area (Å²) in [6.45, 7) is 0. The van der Waals surface area contributed by atoms with Gasteiger partial charge in [-0.15, -0.1) is 24.8 Å². The van der Waals surface area contributed by atoms with Crippen LogP contribution in [0.4, 0.5) is 0 Å². The van der Waals surface area contributed by atoms with Gasteiger partial charge in [0.15, 0.2) is 12.2 Å². The minimum Gasteiger partial charge on any atom is -1.00 e. The van der Waals surface area contributed by atoms with Crippen LogP contribution in [0.25, 0.3) is 0 Å². The smallest absolute Gasteiger partial charge is 1.00 e. The fourth-order valence-electron chi connectivity index (χ4n) is 0.0602. The van der Waals surface area contributed by atoms with Gasteiger partial charge in [-0.3, -0.25) is 10.7 Å². The van der Waals surface area contributed by atoms with Gasteiger partial charge in [0, 0.05) is 0 Å². The third-order valence-corrected chi connectivity index (χ3v) is 0.191. The number of nitrogens with one attached hydrogen (secondary N) is 2. The minimum absolute atomic E-state index is 0. The molecule has 0 aromatic rings. The van der Waals surface area contributed by atoms with Crippen LogP contribution in [0.15, 0.2) is 0 Å². The second-order valence-corrected chi connectivity index (χ2v) is 0.650.